The third-order valence-corrected chi connectivity index (χ3v) is 6.40. The van der Waals surface area contributed by atoms with Crippen LogP contribution in [0.5, 0.6) is 0 Å². The van der Waals surface area contributed by atoms with Crippen LogP contribution in [0.15, 0.2) is 63.5 Å². The van der Waals surface area contributed by atoms with Gasteiger partial charge in [-0.15, -0.1) is 32.9 Å². The smallest absolute Gasteiger partial charge is 0.275 e. The van der Waals surface area contributed by atoms with Crippen molar-refractivity contribution in [2.75, 3.05) is 5.32 Å². The molecule has 1 aromatic carbocycles. The molecular weight excluding hydrogens is 386 g/mol. The van der Waals surface area contributed by atoms with Crippen LogP contribution in [-0.4, -0.2) is 25.7 Å². The van der Waals surface area contributed by atoms with Crippen molar-refractivity contribution in [3.63, 3.8) is 0 Å². The molecule has 0 fully saturated rings. The van der Waals surface area contributed by atoms with Crippen molar-refractivity contribution < 1.29 is 4.79 Å². The second-order valence-electron chi connectivity index (χ2n) is 5.32. The third-order valence-electron chi connectivity index (χ3n) is 3.46. The molecular formula is C17H13N5OS3. The molecule has 9 heteroatoms. The number of hydrogen-bond acceptors (Lipinski definition) is 7. The summed E-state index contributed by atoms with van der Waals surface area (Å²) in [4.78, 5) is 18.9. The summed E-state index contributed by atoms with van der Waals surface area (Å²) in [5.74, 6) is -0.210. The van der Waals surface area contributed by atoms with E-state index in [1.165, 1.54) is 23.1 Å². The Bertz CT molecular complexity index is 1020. The van der Waals surface area contributed by atoms with E-state index in [-0.39, 0.29) is 5.91 Å². The maximum Gasteiger partial charge on any atom is 0.275 e. The predicted molar refractivity (Wildman–Crippen MR) is 105 cm³/mol. The highest BCUT2D eigenvalue weighted by Gasteiger charge is 2.13. The van der Waals surface area contributed by atoms with Crippen LogP contribution in [0, 0.1) is 0 Å². The van der Waals surface area contributed by atoms with Gasteiger partial charge >= 0.3 is 0 Å². The van der Waals surface area contributed by atoms with Crippen LogP contribution in [0.1, 0.15) is 10.5 Å². The molecule has 4 rings (SSSR count). The van der Waals surface area contributed by atoms with Gasteiger partial charge in [-0.1, -0.05) is 6.07 Å². The summed E-state index contributed by atoms with van der Waals surface area (Å²) in [6, 6.07) is 11.6. The van der Waals surface area contributed by atoms with Gasteiger partial charge in [-0.2, -0.15) is 0 Å². The van der Waals surface area contributed by atoms with Crippen molar-refractivity contribution in [2.45, 2.75) is 10.1 Å². The van der Waals surface area contributed by atoms with Gasteiger partial charge in [0.05, 0.1) is 4.88 Å². The number of hydrogen-bond donors (Lipinski definition) is 1. The summed E-state index contributed by atoms with van der Waals surface area (Å²) in [5, 5.41) is 16.2. The average Bonchev–Trinajstić information content (AvgIpc) is 3.38. The van der Waals surface area contributed by atoms with Crippen molar-refractivity contribution >= 4 is 46.0 Å². The fraction of sp³-hybridized carbons (Fsp3) is 0.0588. The summed E-state index contributed by atoms with van der Waals surface area (Å²) in [7, 11) is 1.90. The Hall–Kier alpha value is -2.49. The molecule has 130 valence electrons. The van der Waals surface area contributed by atoms with Gasteiger partial charge < -0.3 is 9.88 Å². The number of aromatic nitrogens is 4. The van der Waals surface area contributed by atoms with Gasteiger partial charge in [-0.25, -0.2) is 4.98 Å². The first-order valence-corrected chi connectivity index (χ1v) is 10.2. The van der Waals surface area contributed by atoms with Gasteiger partial charge in [0.2, 0.25) is 0 Å². The molecule has 0 aliphatic heterocycles. The number of benzene rings is 1. The number of nitrogens with zero attached hydrogens (tertiary/aromatic N) is 4. The molecule has 0 spiro atoms. The van der Waals surface area contributed by atoms with Crippen LogP contribution < -0.4 is 5.32 Å². The number of amides is 1. The molecule has 3 aromatic heterocycles. The quantitative estimate of drug-likeness (QED) is 0.538. The Labute approximate surface area is 161 Å². The number of nitrogens with one attached hydrogen (secondary N) is 1. The van der Waals surface area contributed by atoms with E-state index >= 15 is 0 Å². The predicted octanol–water partition coefficient (Wildman–Crippen LogP) is 4.40. The average molecular weight is 400 g/mol. The van der Waals surface area contributed by atoms with E-state index in [4.69, 9.17) is 0 Å². The molecule has 0 aliphatic carbocycles. The maximum absolute atomic E-state index is 12.4. The number of thiophene rings is 1. The van der Waals surface area contributed by atoms with E-state index in [0.717, 1.165) is 25.6 Å². The minimum Gasteiger partial charge on any atom is -0.321 e. The van der Waals surface area contributed by atoms with Gasteiger partial charge in [0.1, 0.15) is 17.0 Å². The van der Waals surface area contributed by atoms with Crippen LogP contribution in [0.4, 0.5) is 5.69 Å². The largest absolute Gasteiger partial charge is 0.321 e. The zero-order valence-electron chi connectivity index (χ0n) is 13.6. The van der Waals surface area contributed by atoms with Gasteiger partial charge in [0.25, 0.3) is 5.91 Å². The number of carbonyl (C=O) groups is 1. The normalized spacial score (nSPS) is 10.8. The van der Waals surface area contributed by atoms with Crippen LogP contribution in [0.3, 0.4) is 0 Å². The third kappa shape index (κ3) is 3.69. The monoisotopic (exact) mass is 399 g/mol. The van der Waals surface area contributed by atoms with E-state index in [2.05, 4.69) is 20.5 Å². The lowest BCUT2D eigenvalue weighted by Gasteiger charge is -2.05. The number of carbonyl (C=O) groups excluding carboxylic acids is 1. The van der Waals surface area contributed by atoms with E-state index in [1.807, 2.05) is 53.4 Å². The van der Waals surface area contributed by atoms with Crippen LogP contribution >= 0.6 is 34.4 Å². The number of aryl methyl sites for hydroxylation is 1. The van der Waals surface area contributed by atoms with Crippen molar-refractivity contribution in [1.82, 2.24) is 19.7 Å². The SMILES string of the molecule is Cn1cnnc1Sc1ccc(NC(=O)c2csc(-c3cccs3)n2)cc1. The molecule has 0 saturated heterocycles. The Kier molecular flexibility index (Phi) is 4.83. The lowest BCUT2D eigenvalue weighted by Crippen LogP contribution is -2.12. The summed E-state index contributed by atoms with van der Waals surface area (Å²) >= 11 is 4.60. The number of rotatable bonds is 5. The molecule has 0 bridgehead atoms. The number of thiazole rings is 1. The van der Waals surface area contributed by atoms with E-state index in [0.29, 0.717) is 5.69 Å². The highest BCUT2D eigenvalue weighted by atomic mass is 32.2. The van der Waals surface area contributed by atoms with Crippen LogP contribution in [0.2, 0.25) is 0 Å². The lowest BCUT2D eigenvalue weighted by atomic mass is 10.3. The highest BCUT2D eigenvalue weighted by molar-refractivity contribution is 7.99. The van der Waals surface area contributed by atoms with Crippen molar-refractivity contribution in [3.8, 4) is 9.88 Å². The Morgan fingerprint density at radius 1 is 1.19 bits per heavy atom. The highest BCUT2D eigenvalue weighted by Crippen LogP contribution is 2.29. The zero-order chi connectivity index (χ0) is 17.9. The topological polar surface area (TPSA) is 72.7 Å². The summed E-state index contributed by atoms with van der Waals surface area (Å²) in [6.45, 7) is 0. The van der Waals surface area contributed by atoms with Crippen molar-refractivity contribution in [3.05, 3.63) is 59.2 Å². The molecule has 4 aromatic rings. The van der Waals surface area contributed by atoms with Gasteiger partial charge in [-0.05, 0) is 47.5 Å². The minimum absolute atomic E-state index is 0.210. The summed E-state index contributed by atoms with van der Waals surface area (Å²) in [6.07, 6.45) is 1.66. The molecule has 0 atom stereocenters. The molecule has 0 radical (unpaired) electrons. The van der Waals surface area contributed by atoms with Gasteiger partial charge in [0, 0.05) is 23.0 Å². The fourth-order valence-corrected chi connectivity index (χ4v) is 4.54. The first kappa shape index (κ1) is 17.0. The molecule has 3 heterocycles. The van der Waals surface area contributed by atoms with E-state index in [9.17, 15) is 4.79 Å². The van der Waals surface area contributed by atoms with E-state index in [1.54, 1.807) is 23.0 Å². The maximum atomic E-state index is 12.4. The lowest BCUT2D eigenvalue weighted by molar-refractivity contribution is 0.102. The standard InChI is InChI=1S/C17H13N5OS3/c1-22-10-18-21-17(22)26-12-6-4-11(5-7-12)19-15(23)13-9-25-16(20-13)14-3-2-8-24-14/h2-10H,1H3,(H,19,23). The van der Waals surface area contributed by atoms with Crippen molar-refractivity contribution in [2.24, 2.45) is 7.05 Å². The first-order chi connectivity index (χ1) is 12.7. The molecule has 26 heavy (non-hydrogen) atoms. The Morgan fingerprint density at radius 2 is 2.04 bits per heavy atom. The van der Waals surface area contributed by atoms with Crippen molar-refractivity contribution in [1.29, 1.82) is 0 Å². The van der Waals surface area contributed by atoms with Gasteiger partial charge in [-0.3, -0.25) is 4.79 Å². The summed E-state index contributed by atoms with van der Waals surface area (Å²) < 4.78 is 1.85. The molecule has 0 aliphatic rings. The Morgan fingerprint density at radius 3 is 2.73 bits per heavy atom. The minimum atomic E-state index is -0.210. The van der Waals surface area contributed by atoms with Gasteiger partial charge in [0.15, 0.2) is 5.16 Å². The van der Waals surface area contributed by atoms with Crippen LogP contribution in [-0.2, 0) is 7.05 Å². The molecule has 0 saturated carbocycles. The molecule has 0 unspecified atom stereocenters. The molecule has 1 N–H and O–H groups in total. The summed E-state index contributed by atoms with van der Waals surface area (Å²) in [5.41, 5.74) is 1.15. The zero-order valence-corrected chi connectivity index (χ0v) is 16.1. The van der Waals surface area contributed by atoms with Crippen LogP contribution in [0.25, 0.3) is 9.88 Å². The first-order valence-electron chi connectivity index (χ1n) is 7.62. The fourth-order valence-electron chi connectivity index (χ4n) is 2.16. The second-order valence-corrected chi connectivity index (χ2v) is 8.17. The molecule has 6 nitrogen and oxygen atoms in total. The number of anilines is 1. The van der Waals surface area contributed by atoms with E-state index < -0.39 is 0 Å². The Balaban J connectivity index is 1.42. The molecule has 1 amide bonds. The second kappa shape index (κ2) is 7.40.